The Balaban J connectivity index is 1.48. The average molecular weight is 335 g/mol. The van der Waals surface area contributed by atoms with Crippen LogP contribution in [0.4, 0.5) is 4.79 Å². The molecule has 0 saturated carbocycles. The maximum Gasteiger partial charge on any atom is 0.410 e. The van der Waals surface area contributed by atoms with Gasteiger partial charge in [-0.25, -0.2) is 4.79 Å². The van der Waals surface area contributed by atoms with Crippen molar-refractivity contribution in [3.8, 4) is 5.75 Å². The molecule has 1 amide bonds. The van der Waals surface area contributed by atoms with E-state index in [4.69, 9.17) is 4.74 Å². The number of benzene rings is 2. The van der Waals surface area contributed by atoms with E-state index in [-0.39, 0.29) is 18.2 Å². The monoisotopic (exact) mass is 335 g/mol. The molecule has 1 fully saturated rings. The summed E-state index contributed by atoms with van der Waals surface area (Å²) >= 11 is 0. The highest BCUT2D eigenvalue weighted by molar-refractivity contribution is 5.76. The molecule has 1 saturated heterocycles. The fraction of sp³-hybridized carbons (Fsp3) is 0.286. The number of nitrogens with zero attached hydrogens (tertiary/aromatic N) is 1. The number of carbonyl (C=O) groups excluding carboxylic acids is 1. The largest absolute Gasteiger partial charge is 0.507 e. The van der Waals surface area contributed by atoms with Gasteiger partial charge in [0.25, 0.3) is 0 Å². The van der Waals surface area contributed by atoms with Crippen LogP contribution in [0.1, 0.15) is 30.4 Å². The van der Waals surface area contributed by atoms with E-state index in [2.05, 4.69) is 6.08 Å². The molecule has 2 bridgehead atoms. The maximum atomic E-state index is 12.6. The molecule has 4 heteroatoms. The summed E-state index contributed by atoms with van der Waals surface area (Å²) in [7, 11) is 0. The number of fused-ring (bicyclic) bond motifs is 2. The highest BCUT2D eigenvalue weighted by Crippen LogP contribution is 2.40. The van der Waals surface area contributed by atoms with Gasteiger partial charge in [-0.1, -0.05) is 54.6 Å². The fourth-order valence-electron chi connectivity index (χ4n) is 3.85. The summed E-state index contributed by atoms with van der Waals surface area (Å²) in [5, 5.41) is 10.1. The first-order valence-electron chi connectivity index (χ1n) is 8.70. The standard InChI is InChI=1S/C21H21NO3/c23-20-9-5-4-8-19(20)16-12-17-10-11-18(13-16)22(17)21(24)25-14-15-6-2-1-3-7-15/h1-9,12,17-18,23H,10-11,13-14H2. The van der Waals surface area contributed by atoms with Crippen molar-refractivity contribution in [2.24, 2.45) is 0 Å². The second-order valence-corrected chi connectivity index (χ2v) is 6.66. The molecule has 0 aromatic heterocycles. The number of phenols is 1. The van der Waals surface area contributed by atoms with Crippen LogP contribution >= 0.6 is 0 Å². The molecule has 2 aromatic carbocycles. The molecule has 2 unspecified atom stereocenters. The molecule has 0 radical (unpaired) electrons. The summed E-state index contributed by atoms with van der Waals surface area (Å²) in [5.74, 6) is 0.299. The molecule has 0 aliphatic carbocycles. The highest BCUT2D eigenvalue weighted by atomic mass is 16.6. The number of aromatic hydroxyl groups is 1. The number of carbonyl (C=O) groups is 1. The quantitative estimate of drug-likeness (QED) is 0.907. The van der Waals surface area contributed by atoms with Gasteiger partial charge in [0.1, 0.15) is 12.4 Å². The predicted molar refractivity (Wildman–Crippen MR) is 96.0 cm³/mol. The minimum Gasteiger partial charge on any atom is -0.507 e. The molecule has 25 heavy (non-hydrogen) atoms. The van der Waals surface area contributed by atoms with E-state index in [1.165, 1.54) is 0 Å². The van der Waals surface area contributed by atoms with Gasteiger partial charge in [0.05, 0.1) is 6.04 Å². The Morgan fingerprint density at radius 3 is 2.60 bits per heavy atom. The van der Waals surface area contributed by atoms with Crippen molar-refractivity contribution in [1.82, 2.24) is 4.90 Å². The third-order valence-electron chi connectivity index (χ3n) is 5.06. The molecule has 1 N–H and O–H groups in total. The summed E-state index contributed by atoms with van der Waals surface area (Å²) in [6.07, 6.45) is 4.54. The van der Waals surface area contributed by atoms with Crippen molar-refractivity contribution in [2.75, 3.05) is 0 Å². The minimum atomic E-state index is -0.246. The molecule has 4 rings (SSSR count). The second-order valence-electron chi connectivity index (χ2n) is 6.66. The number of hydrogen-bond acceptors (Lipinski definition) is 3. The lowest BCUT2D eigenvalue weighted by molar-refractivity contribution is 0.0832. The first-order valence-corrected chi connectivity index (χ1v) is 8.70. The Kier molecular flexibility index (Phi) is 4.18. The summed E-state index contributed by atoms with van der Waals surface area (Å²) in [5.41, 5.74) is 2.99. The van der Waals surface area contributed by atoms with Gasteiger partial charge in [-0.2, -0.15) is 0 Å². The van der Waals surface area contributed by atoms with Crippen molar-refractivity contribution < 1.29 is 14.6 Å². The van der Waals surface area contributed by atoms with E-state index in [0.717, 1.165) is 36.0 Å². The van der Waals surface area contributed by atoms with Crippen molar-refractivity contribution in [2.45, 2.75) is 38.0 Å². The second kappa shape index (κ2) is 6.63. The van der Waals surface area contributed by atoms with Gasteiger partial charge < -0.3 is 9.84 Å². The zero-order valence-electron chi connectivity index (χ0n) is 14.0. The van der Waals surface area contributed by atoms with Crippen LogP contribution in [-0.4, -0.2) is 28.2 Å². The first-order chi connectivity index (χ1) is 12.2. The van der Waals surface area contributed by atoms with Gasteiger partial charge in [-0.05, 0) is 36.5 Å². The molecule has 2 heterocycles. The van der Waals surface area contributed by atoms with Crippen LogP contribution in [-0.2, 0) is 11.3 Å². The first kappa shape index (κ1) is 15.8. The summed E-state index contributed by atoms with van der Waals surface area (Å²) < 4.78 is 5.52. The Hall–Kier alpha value is -2.75. The smallest absolute Gasteiger partial charge is 0.410 e. The molecule has 4 nitrogen and oxygen atoms in total. The van der Waals surface area contributed by atoms with E-state index in [1.807, 2.05) is 53.4 Å². The Bertz CT molecular complexity index is 800. The normalized spacial score (nSPS) is 21.8. The molecule has 2 aliphatic heterocycles. The predicted octanol–water partition coefficient (Wildman–Crippen LogP) is 4.35. The molecule has 128 valence electrons. The molecule has 0 spiro atoms. The van der Waals surface area contributed by atoms with Gasteiger partial charge >= 0.3 is 6.09 Å². The molecule has 2 atom stereocenters. The van der Waals surface area contributed by atoms with Gasteiger partial charge in [0.2, 0.25) is 0 Å². The number of ether oxygens (including phenoxy) is 1. The van der Waals surface area contributed by atoms with Crippen molar-refractivity contribution in [1.29, 1.82) is 0 Å². The van der Waals surface area contributed by atoms with Gasteiger partial charge in [-0.3, -0.25) is 4.90 Å². The highest BCUT2D eigenvalue weighted by Gasteiger charge is 2.40. The van der Waals surface area contributed by atoms with Crippen molar-refractivity contribution in [3.63, 3.8) is 0 Å². The number of para-hydroxylation sites is 1. The van der Waals surface area contributed by atoms with Crippen LogP contribution in [0.3, 0.4) is 0 Å². The maximum absolute atomic E-state index is 12.6. The lowest BCUT2D eigenvalue weighted by Crippen LogP contribution is -2.43. The number of amides is 1. The van der Waals surface area contributed by atoms with Crippen molar-refractivity contribution in [3.05, 3.63) is 71.8 Å². The van der Waals surface area contributed by atoms with Crippen LogP contribution in [0.15, 0.2) is 60.7 Å². The minimum absolute atomic E-state index is 0.0524. The van der Waals surface area contributed by atoms with E-state index in [9.17, 15) is 9.90 Å². The summed E-state index contributed by atoms with van der Waals surface area (Å²) in [4.78, 5) is 14.4. The van der Waals surface area contributed by atoms with E-state index < -0.39 is 0 Å². The Morgan fingerprint density at radius 1 is 1.08 bits per heavy atom. The lowest BCUT2D eigenvalue weighted by atomic mass is 9.94. The third kappa shape index (κ3) is 3.12. The number of hydrogen-bond donors (Lipinski definition) is 1. The zero-order valence-corrected chi connectivity index (χ0v) is 14.0. The van der Waals surface area contributed by atoms with Crippen LogP contribution in [0.5, 0.6) is 5.75 Å². The molecule has 2 aromatic rings. The van der Waals surface area contributed by atoms with Crippen LogP contribution in [0, 0.1) is 0 Å². The Morgan fingerprint density at radius 2 is 1.84 bits per heavy atom. The SMILES string of the molecule is O=C(OCc1ccccc1)N1C2C=C(c3ccccc3O)CC1CC2. The van der Waals surface area contributed by atoms with Gasteiger partial charge in [0.15, 0.2) is 0 Å². The summed E-state index contributed by atoms with van der Waals surface area (Å²) in [6, 6.07) is 17.3. The van der Waals surface area contributed by atoms with Gasteiger partial charge in [0, 0.05) is 11.6 Å². The molecular weight excluding hydrogens is 314 g/mol. The van der Waals surface area contributed by atoms with E-state index in [1.54, 1.807) is 6.07 Å². The number of phenolic OH excluding ortho intramolecular Hbond substituents is 1. The lowest BCUT2D eigenvalue weighted by Gasteiger charge is -2.33. The average Bonchev–Trinajstić information content (AvgIpc) is 2.91. The van der Waals surface area contributed by atoms with Crippen LogP contribution in [0.2, 0.25) is 0 Å². The van der Waals surface area contributed by atoms with E-state index in [0.29, 0.717) is 12.4 Å². The van der Waals surface area contributed by atoms with E-state index >= 15 is 0 Å². The third-order valence-corrected chi connectivity index (χ3v) is 5.06. The number of rotatable bonds is 3. The topological polar surface area (TPSA) is 49.8 Å². The van der Waals surface area contributed by atoms with Crippen molar-refractivity contribution >= 4 is 11.7 Å². The Labute approximate surface area is 147 Å². The molecule has 2 aliphatic rings. The van der Waals surface area contributed by atoms with Crippen LogP contribution in [0.25, 0.3) is 5.57 Å². The van der Waals surface area contributed by atoms with Gasteiger partial charge in [-0.15, -0.1) is 0 Å². The fourth-order valence-corrected chi connectivity index (χ4v) is 3.85. The zero-order chi connectivity index (χ0) is 17.2. The summed E-state index contributed by atoms with van der Waals surface area (Å²) in [6.45, 7) is 0.297. The van der Waals surface area contributed by atoms with Crippen LogP contribution < -0.4 is 0 Å². The molecular formula is C21H21NO3.